The molecule has 0 unspecified atom stereocenters. The number of hydrogen-bond donors (Lipinski definition) is 1. The lowest BCUT2D eigenvalue weighted by atomic mass is 10.0. The lowest BCUT2D eigenvalue weighted by molar-refractivity contribution is -0.132. The molecule has 0 aliphatic heterocycles. The first kappa shape index (κ1) is 50.8. The second kappa shape index (κ2) is 28.7. The molecule has 0 saturated carbocycles. The predicted octanol–water partition coefficient (Wildman–Crippen LogP) is 16.3. The Morgan fingerprint density at radius 3 is 1.21 bits per heavy atom. The van der Waals surface area contributed by atoms with Crippen LogP contribution in [0.5, 0.6) is 23.0 Å². The van der Waals surface area contributed by atoms with E-state index in [2.05, 4.69) is 93.3 Å². The highest BCUT2D eigenvalue weighted by Gasteiger charge is 2.17. The van der Waals surface area contributed by atoms with Gasteiger partial charge in [0.25, 0.3) is 0 Å². The number of aliphatic carboxylic acids is 1. The molecule has 66 heavy (non-hydrogen) atoms. The number of rotatable bonds is 31. The fourth-order valence-electron chi connectivity index (χ4n) is 7.82. The van der Waals surface area contributed by atoms with Crippen LogP contribution >= 0.6 is 0 Å². The molecule has 0 aliphatic carbocycles. The zero-order valence-electron chi connectivity index (χ0n) is 40.0. The van der Waals surface area contributed by atoms with Crippen molar-refractivity contribution in [3.05, 3.63) is 120 Å². The molecule has 350 valence electrons. The van der Waals surface area contributed by atoms with Gasteiger partial charge in [-0.25, -0.2) is 4.79 Å². The van der Waals surface area contributed by atoms with Gasteiger partial charge < -0.3 is 29.0 Å². The summed E-state index contributed by atoms with van der Waals surface area (Å²) in [5.41, 5.74) is 7.10. The van der Waals surface area contributed by atoms with E-state index < -0.39 is 5.97 Å². The highest BCUT2D eigenvalue weighted by Crippen LogP contribution is 2.41. The Morgan fingerprint density at radius 2 is 0.864 bits per heavy atom. The molecule has 0 fully saturated rings. The van der Waals surface area contributed by atoms with E-state index in [-0.39, 0.29) is 5.57 Å². The SMILES string of the molecule is CCCCCCOc1ccc(-c2ccc(N(c3ccc(/C=C(\C#N)C(=O)O)cc3)c3ccc(-c4ccc(OCCCCCC)cc4OCCCCCC)cc3)cc2)c(OCCCCCC)c1. The van der Waals surface area contributed by atoms with Crippen molar-refractivity contribution < 1.29 is 28.8 Å². The number of unbranched alkanes of at least 4 members (excludes halogenated alkanes) is 12. The molecule has 0 amide bonds. The van der Waals surface area contributed by atoms with E-state index in [9.17, 15) is 15.2 Å². The van der Waals surface area contributed by atoms with Gasteiger partial charge in [-0.2, -0.15) is 5.26 Å². The Bertz CT molecular complexity index is 2140. The summed E-state index contributed by atoms with van der Waals surface area (Å²) in [5, 5.41) is 18.9. The number of benzene rings is 5. The largest absolute Gasteiger partial charge is 0.493 e. The molecule has 5 aromatic rings. The molecule has 8 nitrogen and oxygen atoms in total. The average Bonchev–Trinajstić information content (AvgIpc) is 3.34. The molecule has 0 heterocycles. The molecule has 0 radical (unpaired) electrons. The first-order valence-corrected chi connectivity index (χ1v) is 24.6. The van der Waals surface area contributed by atoms with Crippen LogP contribution in [-0.4, -0.2) is 37.5 Å². The number of nitriles is 1. The molecule has 8 heteroatoms. The van der Waals surface area contributed by atoms with E-state index in [1.807, 2.05) is 48.5 Å². The Kier molecular flexibility index (Phi) is 22.1. The van der Waals surface area contributed by atoms with E-state index >= 15 is 0 Å². The van der Waals surface area contributed by atoms with Gasteiger partial charge >= 0.3 is 5.97 Å². The number of ether oxygens (including phenoxy) is 4. The summed E-state index contributed by atoms with van der Waals surface area (Å²) in [5.74, 6) is 2.01. The summed E-state index contributed by atoms with van der Waals surface area (Å²) < 4.78 is 25.3. The average molecular weight is 893 g/mol. The van der Waals surface area contributed by atoms with Gasteiger partial charge in [0.2, 0.25) is 0 Å². The van der Waals surface area contributed by atoms with Crippen molar-refractivity contribution in [2.75, 3.05) is 31.3 Å². The molecule has 5 rings (SSSR count). The van der Waals surface area contributed by atoms with Gasteiger partial charge in [-0.15, -0.1) is 0 Å². The molecular formula is C58H72N2O6. The minimum Gasteiger partial charge on any atom is -0.493 e. The number of carboxylic acid groups (broad SMARTS) is 1. The van der Waals surface area contributed by atoms with E-state index in [0.717, 1.165) is 114 Å². The highest BCUT2D eigenvalue weighted by molar-refractivity contribution is 5.96. The van der Waals surface area contributed by atoms with Gasteiger partial charge in [-0.05, 0) is 109 Å². The van der Waals surface area contributed by atoms with E-state index in [1.165, 1.54) is 57.4 Å². The Labute approximate surface area is 395 Å². The number of carbonyl (C=O) groups is 1. The summed E-state index contributed by atoms with van der Waals surface area (Å²) in [7, 11) is 0. The molecule has 0 saturated heterocycles. The molecule has 1 N–H and O–H groups in total. The summed E-state index contributed by atoms with van der Waals surface area (Å²) in [6, 6.07) is 38.7. The molecule has 0 aromatic heterocycles. The first-order valence-electron chi connectivity index (χ1n) is 24.6. The molecule has 0 bridgehead atoms. The van der Waals surface area contributed by atoms with Crippen molar-refractivity contribution in [1.82, 2.24) is 0 Å². The van der Waals surface area contributed by atoms with Crippen molar-refractivity contribution in [3.8, 4) is 51.3 Å². The van der Waals surface area contributed by atoms with Gasteiger partial charge in [0, 0.05) is 40.3 Å². The lowest BCUT2D eigenvalue weighted by Crippen LogP contribution is -2.10. The highest BCUT2D eigenvalue weighted by atomic mass is 16.5. The third-order valence-electron chi connectivity index (χ3n) is 11.6. The quantitative estimate of drug-likeness (QED) is 0.0267. The maximum absolute atomic E-state index is 11.6. The zero-order valence-corrected chi connectivity index (χ0v) is 40.0. The maximum Gasteiger partial charge on any atom is 0.346 e. The predicted molar refractivity (Wildman–Crippen MR) is 272 cm³/mol. The molecule has 0 aliphatic rings. The van der Waals surface area contributed by atoms with Crippen molar-refractivity contribution >= 4 is 29.1 Å². The summed E-state index contributed by atoms with van der Waals surface area (Å²) in [4.78, 5) is 13.8. The van der Waals surface area contributed by atoms with Crippen LogP contribution in [0.3, 0.4) is 0 Å². The van der Waals surface area contributed by atoms with Crippen molar-refractivity contribution in [2.24, 2.45) is 0 Å². The van der Waals surface area contributed by atoms with Crippen LogP contribution in [0.15, 0.2) is 115 Å². The summed E-state index contributed by atoms with van der Waals surface area (Å²) in [6.45, 7) is 11.5. The van der Waals surface area contributed by atoms with Gasteiger partial charge in [-0.3, -0.25) is 0 Å². The van der Waals surface area contributed by atoms with Crippen molar-refractivity contribution in [3.63, 3.8) is 0 Å². The van der Waals surface area contributed by atoms with Crippen molar-refractivity contribution in [1.29, 1.82) is 5.26 Å². The summed E-state index contributed by atoms with van der Waals surface area (Å²) in [6.07, 6.45) is 19.6. The molecule has 0 spiro atoms. The third-order valence-corrected chi connectivity index (χ3v) is 11.6. The van der Waals surface area contributed by atoms with Crippen LogP contribution in [0.1, 0.15) is 136 Å². The second-order valence-corrected chi connectivity index (χ2v) is 16.9. The number of hydrogen-bond acceptors (Lipinski definition) is 7. The van der Waals surface area contributed by atoms with Crippen molar-refractivity contribution in [2.45, 2.75) is 130 Å². The standard InChI is InChI=1S/C58H72N2O6/c1-5-9-13-17-37-63-52-33-35-54(56(42-52)65-39-19-15-11-7-3)46-23-29-50(30-24-46)60(49-27-21-45(22-28-49)41-48(44-59)58(61)62)51-31-25-47(26-32-51)55-36-34-53(64-38-18-14-10-6-2)43-57(55)66-40-20-16-12-8-4/h21-36,41-43H,5-20,37-40H2,1-4H3,(H,61,62)/b48-41+. The Hall–Kier alpha value is -6.20. The van der Waals surface area contributed by atoms with Crippen LogP contribution in [0, 0.1) is 11.3 Å². The second-order valence-electron chi connectivity index (χ2n) is 16.9. The van der Waals surface area contributed by atoms with Crippen LogP contribution < -0.4 is 23.8 Å². The molecular weight excluding hydrogens is 821 g/mol. The number of nitrogens with zero attached hydrogens (tertiary/aromatic N) is 2. The maximum atomic E-state index is 11.6. The first-order chi connectivity index (χ1) is 32.4. The topological polar surface area (TPSA) is 101 Å². The Morgan fingerprint density at radius 1 is 0.500 bits per heavy atom. The van der Waals surface area contributed by atoms with Gasteiger partial charge in [0.15, 0.2) is 0 Å². The third kappa shape index (κ3) is 16.0. The number of anilines is 3. The van der Waals surface area contributed by atoms with E-state index in [1.54, 1.807) is 6.07 Å². The van der Waals surface area contributed by atoms with Crippen LogP contribution in [-0.2, 0) is 4.79 Å². The smallest absolute Gasteiger partial charge is 0.346 e. The zero-order chi connectivity index (χ0) is 46.8. The van der Waals surface area contributed by atoms with E-state index in [0.29, 0.717) is 32.0 Å². The molecule has 5 aromatic carbocycles. The summed E-state index contributed by atoms with van der Waals surface area (Å²) >= 11 is 0. The van der Waals surface area contributed by atoms with Gasteiger partial charge in [0.05, 0.1) is 26.4 Å². The lowest BCUT2D eigenvalue weighted by Gasteiger charge is -2.26. The monoisotopic (exact) mass is 893 g/mol. The Balaban J connectivity index is 1.48. The van der Waals surface area contributed by atoms with Gasteiger partial charge in [0.1, 0.15) is 34.6 Å². The fourth-order valence-corrected chi connectivity index (χ4v) is 7.82. The molecule has 0 atom stereocenters. The fraction of sp³-hybridized carbons (Fsp3) is 0.414. The van der Waals surface area contributed by atoms with Crippen LogP contribution in [0.2, 0.25) is 0 Å². The number of carboxylic acids is 1. The van der Waals surface area contributed by atoms with Gasteiger partial charge in [-0.1, -0.05) is 141 Å². The normalized spacial score (nSPS) is 11.2. The van der Waals surface area contributed by atoms with Crippen LogP contribution in [0.25, 0.3) is 28.3 Å². The van der Waals surface area contributed by atoms with Crippen LogP contribution in [0.4, 0.5) is 17.1 Å². The minimum absolute atomic E-state index is 0.322. The van der Waals surface area contributed by atoms with E-state index in [4.69, 9.17) is 18.9 Å². The minimum atomic E-state index is -1.26.